The summed E-state index contributed by atoms with van der Waals surface area (Å²) in [5, 5.41) is 9.34. The number of anilines is 1. The van der Waals surface area contributed by atoms with Crippen LogP contribution >= 0.6 is 0 Å². The van der Waals surface area contributed by atoms with Crippen LogP contribution < -0.4 is 16.0 Å². The highest BCUT2D eigenvalue weighted by molar-refractivity contribution is 5.89. The van der Waals surface area contributed by atoms with Crippen LogP contribution in [-0.4, -0.2) is 25.2 Å². The fourth-order valence-electron chi connectivity index (χ4n) is 2.76. The molecule has 2 rings (SSSR count). The van der Waals surface area contributed by atoms with Crippen molar-refractivity contribution in [3.05, 3.63) is 29.8 Å². The maximum absolute atomic E-state index is 11.9. The topological polar surface area (TPSA) is 53.2 Å². The summed E-state index contributed by atoms with van der Waals surface area (Å²) < 4.78 is 0. The summed E-state index contributed by atoms with van der Waals surface area (Å²) in [4.78, 5) is 11.9. The van der Waals surface area contributed by atoms with E-state index in [-0.39, 0.29) is 6.03 Å². The van der Waals surface area contributed by atoms with Gasteiger partial charge >= 0.3 is 6.03 Å². The van der Waals surface area contributed by atoms with Crippen LogP contribution in [0.25, 0.3) is 0 Å². The van der Waals surface area contributed by atoms with E-state index in [2.05, 4.69) is 22.9 Å². The Morgan fingerprint density at radius 3 is 2.80 bits per heavy atom. The van der Waals surface area contributed by atoms with E-state index in [1.54, 1.807) is 0 Å². The van der Waals surface area contributed by atoms with E-state index in [9.17, 15) is 4.79 Å². The molecule has 1 fully saturated rings. The Morgan fingerprint density at radius 1 is 1.35 bits per heavy atom. The van der Waals surface area contributed by atoms with E-state index >= 15 is 0 Å². The van der Waals surface area contributed by atoms with Crippen LogP contribution in [0.2, 0.25) is 0 Å². The van der Waals surface area contributed by atoms with Crippen molar-refractivity contribution in [1.82, 2.24) is 10.6 Å². The van der Waals surface area contributed by atoms with Crippen molar-refractivity contribution >= 4 is 11.7 Å². The standard InChI is InChI=1S/C16H25N3O/c1-3-13-5-4-10-17-15(13)11-18-16(20)19-14-8-6-12(2)7-9-14/h6-9,13,15,17H,3-5,10-11H2,1-2H3,(H2,18,19,20). The van der Waals surface area contributed by atoms with Gasteiger partial charge in [0.1, 0.15) is 0 Å². The van der Waals surface area contributed by atoms with E-state index in [1.807, 2.05) is 31.2 Å². The lowest BCUT2D eigenvalue weighted by atomic mass is 9.89. The predicted molar refractivity (Wildman–Crippen MR) is 83.0 cm³/mol. The summed E-state index contributed by atoms with van der Waals surface area (Å²) in [7, 11) is 0. The smallest absolute Gasteiger partial charge is 0.319 e. The van der Waals surface area contributed by atoms with E-state index in [4.69, 9.17) is 0 Å². The van der Waals surface area contributed by atoms with Crippen molar-refractivity contribution in [2.24, 2.45) is 5.92 Å². The second-order valence-electron chi connectivity index (χ2n) is 5.57. The number of aryl methyl sites for hydroxylation is 1. The van der Waals surface area contributed by atoms with Crippen molar-refractivity contribution in [2.45, 2.75) is 39.2 Å². The molecule has 2 atom stereocenters. The largest absolute Gasteiger partial charge is 0.336 e. The van der Waals surface area contributed by atoms with Gasteiger partial charge in [-0.2, -0.15) is 0 Å². The van der Waals surface area contributed by atoms with E-state index in [1.165, 1.54) is 24.8 Å². The number of amides is 2. The van der Waals surface area contributed by atoms with Gasteiger partial charge in [0.15, 0.2) is 0 Å². The molecule has 1 heterocycles. The molecule has 1 saturated heterocycles. The third-order valence-electron chi connectivity index (χ3n) is 4.04. The molecule has 0 aliphatic carbocycles. The highest BCUT2D eigenvalue weighted by Gasteiger charge is 2.23. The number of piperidine rings is 1. The second kappa shape index (κ2) is 7.29. The van der Waals surface area contributed by atoms with Crippen LogP contribution in [0.5, 0.6) is 0 Å². The van der Waals surface area contributed by atoms with E-state index in [0.29, 0.717) is 18.5 Å². The number of carbonyl (C=O) groups excluding carboxylic acids is 1. The average Bonchev–Trinajstić information content (AvgIpc) is 2.48. The summed E-state index contributed by atoms with van der Waals surface area (Å²) in [6, 6.07) is 8.09. The third-order valence-corrected chi connectivity index (χ3v) is 4.04. The van der Waals surface area contributed by atoms with Gasteiger partial charge in [0.2, 0.25) is 0 Å². The number of carbonyl (C=O) groups is 1. The third kappa shape index (κ3) is 4.23. The van der Waals surface area contributed by atoms with Crippen LogP contribution in [-0.2, 0) is 0 Å². The van der Waals surface area contributed by atoms with E-state index < -0.39 is 0 Å². The number of rotatable bonds is 4. The van der Waals surface area contributed by atoms with Crippen LogP contribution in [0.4, 0.5) is 10.5 Å². The summed E-state index contributed by atoms with van der Waals surface area (Å²) >= 11 is 0. The van der Waals surface area contributed by atoms with Gasteiger partial charge in [-0.1, -0.05) is 31.0 Å². The molecule has 2 unspecified atom stereocenters. The first-order valence-corrected chi connectivity index (χ1v) is 7.54. The predicted octanol–water partition coefficient (Wildman–Crippen LogP) is 2.89. The first kappa shape index (κ1) is 14.9. The van der Waals surface area contributed by atoms with Gasteiger partial charge in [0.25, 0.3) is 0 Å². The van der Waals surface area contributed by atoms with Gasteiger partial charge in [0, 0.05) is 18.3 Å². The molecule has 1 aromatic carbocycles. The molecule has 1 aliphatic rings. The zero-order valence-corrected chi connectivity index (χ0v) is 12.4. The van der Waals surface area contributed by atoms with Crippen LogP contribution in [0.1, 0.15) is 31.7 Å². The van der Waals surface area contributed by atoms with Crippen molar-refractivity contribution in [2.75, 3.05) is 18.4 Å². The monoisotopic (exact) mass is 275 g/mol. The summed E-state index contributed by atoms with van der Waals surface area (Å²) in [5.74, 6) is 0.670. The average molecular weight is 275 g/mol. The van der Waals surface area contributed by atoms with Gasteiger partial charge in [-0.3, -0.25) is 0 Å². The van der Waals surface area contributed by atoms with Crippen LogP contribution in [0, 0.1) is 12.8 Å². The molecule has 4 heteroatoms. The summed E-state index contributed by atoms with van der Waals surface area (Å²) in [5.41, 5.74) is 2.02. The summed E-state index contributed by atoms with van der Waals surface area (Å²) in [6.45, 7) is 6.00. The fraction of sp³-hybridized carbons (Fsp3) is 0.562. The van der Waals surface area contributed by atoms with Gasteiger partial charge in [-0.05, 0) is 44.4 Å². The number of nitrogens with one attached hydrogen (secondary N) is 3. The zero-order chi connectivity index (χ0) is 14.4. The van der Waals surface area contributed by atoms with Crippen molar-refractivity contribution in [3.63, 3.8) is 0 Å². The van der Waals surface area contributed by atoms with Crippen molar-refractivity contribution in [3.8, 4) is 0 Å². The Balaban J connectivity index is 1.78. The Kier molecular flexibility index (Phi) is 5.41. The lowest BCUT2D eigenvalue weighted by Crippen LogP contribution is -2.49. The fourth-order valence-corrected chi connectivity index (χ4v) is 2.76. The molecule has 0 aromatic heterocycles. The molecule has 0 spiro atoms. The molecule has 0 radical (unpaired) electrons. The molecule has 2 amide bonds. The van der Waals surface area contributed by atoms with E-state index in [0.717, 1.165) is 12.2 Å². The Labute approximate surface area is 121 Å². The number of hydrogen-bond donors (Lipinski definition) is 3. The van der Waals surface area contributed by atoms with Crippen molar-refractivity contribution < 1.29 is 4.79 Å². The second-order valence-corrected chi connectivity index (χ2v) is 5.57. The van der Waals surface area contributed by atoms with Crippen molar-refractivity contribution in [1.29, 1.82) is 0 Å². The number of hydrogen-bond acceptors (Lipinski definition) is 2. The highest BCUT2D eigenvalue weighted by atomic mass is 16.2. The summed E-state index contributed by atoms with van der Waals surface area (Å²) in [6.07, 6.45) is 3.67. The molecule has 0 bridgehead atoms. The highest BCUT2D eigenvalue weighted by Crippen LogP contribution is 2.19. The molecule has 20 heavy (non-hydrogen) atoms. The Morgan fingerprint density at radius 2 is 2.10 bits per heavy atom. The van der Waals surface area contributed by atoms with Crippen LogP contribution in [0.3, 0.4) is 0 Å². The molecule has 0 saturated carbocycles. The molecular weight excluding hydrogens is 250 g/mol. The first-order chi connectivity index (χ1) is 9.69. The van der Waals surface area contributed by atoms with Gasteiger partial charge < -0.3 is 16.0 Å². The molecule has 4 nitrogen and oxygen atoms in total. The quantitative estimate of drug-likeness (QED) is 0.791. The molecule has 3 N–H and O–H groups in total. The lowest BCUT2D eigenvalue weighted by Gasteiger charge is -2.32. The SMILES string of the molecule is CCC1CCCNC1CNC(=O)Nc1ccc(C)cc1. The zero-order valence-electron chi connectivity index (χ0n) is 12.4. The molecule has 110 valence electrons. The normalized spacial score (nSPS) is 22.3. The molecule has 1 aromatic rings. The minimum Gasteiger partial charge on any atom is -0.336 e. The first-order valence-electron chi connectivity index (χ1n) is 7.54. The molecular formula is C16H25N3O. The number of benzene rings is 1. The van der Waals surface area contributed by atoms with Gasteiger partial charge in [-0.15, -0.1) is 0 Å². The maximum Gasteiger partial charge on any atom is 0.319 e. The lowest BCUT2D eigenvalue weighted by molar-refractivity contribution is 0.239. The minimum atomic E-state index is -0.129. The Hall–Kier alpha value is -1.55. The number of urea groups is 1. The Bertz CT molecular complexity index is 430. The van der Waals surface area contributed by atoms with Gasteiger partial charge in [0.05, 0.1) is 0 Å². The van der Waals surface area contributed by atoms with Gasteiger partial charge in [-0.25, -0.2) is 4.79 Å². The van der Waals surface area contributed by atoms with Crippen LogP contribution in [0.15, 0.2) is 24.3 Å². The minimum absolute atomic E-state index is 0.129. The maximum atomic E-state index is 11.9. The molecule has 1 aliphatic heterocycles.